The van der Waals surface area contributed by atoms with Gasteiger partial charge in [-0.2, -0.15) is 11.8 Å². The number of carbonyl (C=O) groups excluding carboxylic acids is 1. The zero-order valence-corrected chi connectivity index (χ0v) is 10.5. The van der Waals surface area contributed by atoms with Gasteiger partial charge in [-0.1, -0.05) is 27.7 Å². The van der Waals surface area contributed by atoms with Crippen molar-refractivity contribution >= 4 is 17.7 Å². The maximum atomic E-state index is 11.4. The highest BCUT2D eigenvalue weighted by atomic mass is 32.2. The van der Waals surface area contributed by atoms with Crippen LogP contribution >= 0.6 is 11.8 Å². The van der Waals surface area contributed by atoms with Gasteiger partial charge in [-0.25, -0.2) is 0 Å². The van der Waals surface area contributed by atoms with Crippen molar-refractivity contribution in [2.45, 2.75) is 32.9 Å². The lowest BCUT2D eigenvalue weighted by Gasteiger charge is -2.04. The maximum Gasteiger partial charge on any atom is 0.309 e. The lowest BCUT2D eigenvalue weighted by Crippen LogP contribution is -2.07. The quantitative estimate of drug-likeness (QED) is 0.676. The molecule has 0 aromatic heterocycles. The van der Waals surface area contributed by atoms with Crippen molar-refractivity contribution in [3.63, 3.8) is 0 Å². The van der Waals surface area contributed by atoms with E-state index in [-0.39, 0.29) is 17.3 Å². The molecule has 3 heteroatoms. The number of carbonyl (C=O) groups is 1. The Morgan fingerprint density at radius 2 is 2.07 bits per heavy atom. The van der Waals surface area contributed by atoms with Crippen LogP contribution in [0.4, 0.5) is 0 Å². The summed E-state index contributed by atoms with van der Waals surface area (Å²) in [5.74, 6) is 1.66. The lowest BCUT2D eigenvalue weighted by atomic mass is 10.1. The Labute approximate surface area is 90.8 Å². The van der Waals surface area contributed by atoms with Crippen LogP contribution in [0.25, 0.3) is 0 Å². The minimum Gasteiger partial charge on any atom is -0.469 e. The number of hydrogen-bond donors (Lipinski definition) is 0. The van der Waals surface area contributed by atoms with Gasteiger partial charge in [0.2, 0.25) is 0 Å². The third kappa shape index (κ3) is 2.25. The molecule has 0 unspecified atom stereocenters. The number of rotatable bonds is 4. The van der Waals surface area contributed by atoms with Crippen LogP contribution in [0.2, 0.25) is 0 Å². The van der Waals surface area contributed by atoms with Crippen molar-refractivity contribution < 1.29 is 9.53 Å². The molecule has 82 valence electrons. The largest absolute Gasteiger partial charge is 0.469 e. The molecular formula is C11H20O2S. The van der Waals surface area contributed by atoms with Crippen molar-refractivity contribution in [2.24, 2.45) is 17.3 Å². The molecule has 1 fully saturated rings. The van der Waals surface area contributed by atoms with Crippen molar-refractivity contribution in [1.29, 1.82) is 0 Å². The molecule has 2 nitrogen and oxygen atoms in total. The number of methoxy groups -OCH3 is 1. The molecule has 1 aliphatic carbocycles. The Bertz CT molecular complexity index is 223. The fourth-order valence-electron chi connectivity index (χ4n) is 1.95. The van der Waals surface area contributed by atoms with E-state index in [9.17, 15) is 4.79 Å². The molecular weight excluding hydrogens is 196 g/mol. The van der Waals surface area contributed by atoms with Crippen molar-refractivity contribution in [1.82, 2.24) is 0 Å². The molecule has 0 spiro atoms. The molecule has 0 amide bonds. The molecule has 0 aromatic rings. The van der Waals surface area contributed by atoms with Crippen LogP contribution in [0, 0.1) is 17.3 Å². The molecule has 1 saturated carbocycles. The normalized spacial score (nSPS) is 29.0. The Balaban J connectivity index is 2.45. The monoisotopic (exact) mass is 216 g/mol. The van der Waals surface area contributed by atoms with Gasteiger partial charge in [0.05, 0.1) is 13.0 Å². The van der Waals surface area contributed by atoms with Crippen molar-refractivity contribution in [2.75, 3.05) is 12.9 Å². The SMILES string of the molecule is COC(=O)[C@@H]1[C@H](CSC(C)C)C1(C)C. The molecule has 0 aliphatic heterocycles. The third-order valence-electron chi connectivity index (χ3n) is 3.11. The first-order valence-corrected chi connectivity index (χ1v) is 6.15. The van der Waals surface area contributed by atoms with E-state index in [1.54, 1.807) is 0 Å². The van der Waals surface area contributed by atoms with Gasteiger partial charge in [0, 0.05) is 0 Å². The summed E-state index contributed by atoms with van der Waals surface area (Å²) in [6.07, 6.45) is 0. The number of ether oxygens (including phenoxy) is 1. The van der Waals surface area contributed by atoms with E-state index in [0.717, 1.165) is 5.75 Å². The summed E-state index contributed by atoms with van der Waals surface area (Å²) < 4.78 is 4.80. The summed E-state index contributed by atoms with van der Waals surface area (Å²) in [6.45, 7) is 8.68. The highest BCUT2D eigenvalue weighted by molar-refractivity contribution is 7.99. The standard InChI is InChI=1S/C11H20O2S/c1-7(2)14-6-8-9(10(12)13-5)11(8,3)4/h7-9H,6H2,1-5H3/t8-,9-/m0/s1. The predicted molar refractivity (Wildman–Crippen MR) is 60.4 cm³/mol. The molecule has 0 N–H and O–H groups in total. The van der Waals surface area contributed by atoms with Crippen LogP contribution in [0.1, 0.15) is 27.7 Å². The molecule has 2 atom stereocenters. The molecule has 0 radical (unpaired) electrons. The molecule has 1 aliphatic rings. The number of thioether (sulfide) groups is 1. The second-order valence-corrected chi connectivity index (χ2v) is 6.42. The minimum absolute atomic E-state index is 0.0376. The van der Waals surface area contributed by atoms with E-state index in [1.807, 2.05) is 11.8 Å². The average Bonchev–Trinajstić information content (AvgIpc) is 2.63. The van der Waals surface area contributed by atoms with E-state index < -0.39 is 0 Å². The first kappa shape index (κ1) is 11.9. The van der Waals surface area contributed by atoms with Crippen LogP contribution in [-0.2, 0) is 9.53 Å². The van der Waals surface area contributed by atoms with Gasteiger partial charge in [0.25, 0.3) is 0 Å². The summed E-state index contributed by atoms with van der Waals surface area (Å²) >= 11 is 1.93. The van der Waals surface area contributed by atoms with E-state index >= 15 is 0 Å². The van der Waals surface area contributed by atoms with Gasteiger partial charge in [0.1, 0.15) is 0 Å². The first-order chi connectivity index (χ1) is 6.41. The zero-order chi connectivity index (χ0) is 10.9. The van der Waals surface area contributed by atoms with Crippen LogP contribution in [0.3, 0.4) is 0 Å². The fourth-order valence-corrected chi connectivity index (χ4v) is 3.16. The summed E-state index contributed by atoms with van der Waals surface area (Å²) in [5.41, 5.74) is 0.148. The molecule has 0 aromatic carbocycles. The Kier molecular flexibility index (Phi) is 3.51. The van der Waals surface area contributed by atoms with Crippen LogP contribution in [0.5, 0.6) is 0 Å². The van der Waals surface area contributed by atoms with E-state index in [0.29, 0.717) is 11.2 Å². The van der Waals surface area contributed by atoms with Crippen molar-refractivity contribution in [3.05, 3.63) is 0 Å². The van der Waals surface area contributed by atoms with Gasteiger partial charge in [-0.05, 0) is 22.3 Å². The van der Waals surface area contributed by atoms with Crippen LogP contribution in [0.15, 0.2) is 0 Å². The summed E-state index contributed by atoms with van der Waals surface area (Å²) in [7, 11) is 1.48. The predicted octanol–water partition coefficient (Wildman–Crippen LogP) is 2.57. The molecule has 0 heterocycles. The maximum absolute atomic E-state index is 11.4. The van der Waals surface area contributed by atoms with Gasteiger partial charge >= 0.3 is 5.97 Å². The number of hydrogen-bond acceptors (Lipinski definition) is 3. The smallest absolute Gasteiger partial charge is 0.309 e. The van der Waals surface area contributed by atoms with E-state index in [1.165, 1.54) is 7.11 Å². The summed E-state index contributed by atoms with van der Waals surface area (Å²) in [4.78, 5) is 11.4. The van der Waals surface area contributed by atoms with Gasteiger partial charge < -0.3 is 4.74 Å². The second-order valence-electron chi connectivity index (χ2n) is 4.81. The Hall–Kier alpha value is -0.180. The second kappa shape index (κ2) is 4.13. The first-order valence-electron chi connectivity index (χ1n) is 5.10. The highest BCUT2D eigenvalue weighted by Crippen LogP contribution is 2.59. The minimum atomic E-state index is -0.0376. The molecule has 14 heavy (non-hydrogen) atoms. The lowest BCUT2D eigenvalue weighted by molar-refractivity contribution is -0.143. The van der Waals surface area contributed by atoms with Crippen molar-refractivity contribution in [3.8, 4) is 0 Å². The average molecular weight is 216 g/mol. The fraction of sp³-hybridized carbons (Fsp3) is 0.909. The van der Waals surface area contributed by atoms with E-state index in [4.69, 9.17) is 4.74 Å². The topological polar surface area (TPSA) is 26.3 Å². The Morgan fingerprint density at radius 3 is 2.50 bits per heavy atom. The summed E-state index contributed by atoms with van der Waals surface area (Å²) in [5, 5.41) is 0.643. The molecule has 0 bridgehead atoms. The highest BCUT2D eigenvalue weighted by Gasteiger charge is 2.61. The van der Waals surface area contributed by atoms with Gasteiger partial charge in [-0.15, -0.1) is 0 Å². The summed E-state index contributed by atoms with van der Waals surface area (Å²) in [6, 6.07) is 0. The Morgan fingerprint density at radius 1 is 1.50 bits per heavy atom. The zero-order valence-electron chi connectivity index (χ0n) is 9.66. The van der Waals surface area contributed by atoms with Crippen LogP contribution < -0.4 is 0 Å². The molecule has 0 saturated heterocycles. The van der Waals surface area contributed by atoms with Gasteiger partial charge in [-0.3, -0.25) is 4.79 Å². The molecule has 1 rings (SSSR count). The number of esters is 1. The third-order valence-corrected chi connectivity index (χ3v) is 4.33. The van der Waals surface area contributed by atoms with E-state index in [2.05, 4.69) is 27.7 Å². The van der Waals surface area contributed by atoms with Gasteiger partial charge in [0.15, 0.2) is 0 Å². The van der Waals surface area contributed by atoms with Crippen LogP contribution in [-0.4, -0.2) is 24.1 Å².